The molecule has 0 radical (unpaired) electrons. The van der Waals surface area contributed by atoms with E-state index in [9.17, 15) is 17.2 Å². The molecule has 0 bridgehead atoms. The van der Waals surface area contributed by atoms with Gasteiger partial charge >= 0.3 is 0 Å². The summed E-state index contributed by atoms with van der Waals surface area (Å²) in [6, 6.07) is 5.54. The normalized spacial score (nSPS) is 15.6. The lowest BCUT2D eigenvalue weighted by atomic mass is 9.92. The maximum absolute atomic E-state index is 13.2. The Balaban J connectivity index is 3.20. The molecule has 0 heterocycles. The van der Waals surface area contributed by atoms with Crippen LogP contribution in [-0.2, 0) is 15.6 Å². The Kier molecular flexibility index (Phi) is 5.23. The number of alkyl halides is 2. The second kappa shape index (κ2) is 6.15. The fourth-order valence-electron chi connectivity index (χ4n) is 1.86. The molecule has 0 aliphatic heterocycles. The molecule has 0 amide bonds. The first-order chi connectivity index (χ1) is 9.16. The van der Waals surface area contributed by atoms with Gasteiger partial charge in [0.1, 0.15) is 5.54 Å². The van der Waals surface area contributed by atoms with Crippen LogP contribution in [0, 0.1) is 0 Å². The van der Waals surface area contributed by atoms with E-state index in [1.165, 1.54) is 45.3 Å². The second-order valence-electron chi connectivity index (χ2n) is 4.85. The van der Waals surface area contributed by atoms with E-state index in [1.807, 2.05) is 0 Å². The lowest BCUT2D eigenvalue weighted by Gasteiger charge is -2.30. The van der Waals surface area contributed by atoms with Crippen LogP contribution >= 0.6 is 0 Å². The first-order valence-corrected chi connectivity index (χ1v) is 7.66. The van der Waals surface area contributed by atoms with Crippen molar-refractivity contribution in [1.82, 2.24) is 9.62 Å². The first kappa shape index (κ1) is 17.0. The highest BCUT2D eigenvalue weighted by molar-refractivity contribution is 7.89. The Hall–Kier alpha value is -1.05. The number of sulfonamides is 1. The van der Waals surface area contributed by atoms with E-state index in [1.54, 1.807) is 6.92 Å². The van der Waals surface area contributed by atoms with Crippen molar-refractivity contribution in [1.29, 1.82) is 0 Å². The Morgan fingerprint density at radius 3 is 2.10 bits per heavy atom. The first-order valence-electron chi connectivity index (χ1n) is 6.22. The van der Waals surface area contributed by atoms with Crippen molar-refractivity contribution >= 4 is 10.0 Å². The SMILES string of the molecule is CCNC(C)(c1ccc(S(=O)(=O)N(C)C)cc1)C(F)F. The van der Waals surface area contributed by atoms with Crippen molar-refractivity contribution in [3.63, 3.8) is 0 Å². The highest BCUT2D eigenvalue weighted by atomic mass is 32.2. The fraction of sp³-hybridized carbons (Fsp3) is 0.538. The predicted octanol–water partition coefficient (Wildman–Crippen LogP) is 2.03. The molecule has 4 nitrogen and oxygen atoms in total. The minimum atomic E-state index is -3.55. The molecule has 0 saturated carbocycles. The van der Waals surface area contributed by atoms with E-state index < -0.39 is 22.0 Å². The Morgan fingerprint density at radius 1 is 1.25 bits per heavy atom. The number of hydrogen-bond acceptors (Lipinski definition) is 3. The topological polar surface area (TPSA) is 49.4 Å². The summed E-state index contributed by atoms with van der Waals surface area (Å²) >= 11 is 0. The van der Waals surface area contributed by atoms with Crippen LogP contribution in [0.25, 0.3) is 0 Å². The molecule has 0 aromatic heterocycles. The largest absolute Gasteiger partial charge is 0.303 e. The quantitative estimate of drug-likeness (QED) is 0.875. The molecule has 1 rings (SSSR count). The molecule has 0 aliphatic rings. The summed E-state index contributed by atoms with van der Waals surface area (Å²) in [7, 11) is -0.703. The van der Waals surface area contributed by atoms with Gasteiger partial charge in [0, 0.05) is 14.1 Å². The Bertz CT molecular complexity index is 544. The zero-order chi connectivity index (χ0) is 15.6. The van der Waals surface area contributed by atoms with Gasteiger partial charge in [0.2, 0.25) is 10.0 Å². The van der Waals surface area contributed by atoms with Gasteiger partial charge in [-0.3, -0.25) is 0 Å². The average Bonchev–Trinajstić information content (AvgIpc) is 2.38. The number of nitrogens with zero attached hydrogens (tertiary/aromatic N) is 1. The number of rotatable bonds is 6. The van der Waals surface area contributed by atoms with Crippen LogP contribution in [0.4, 0.5) is 8.78 Å². The third kappa shape index (κ3) is 3.16. The third-order valence-electron chi connectivity index (χ3n) is 3.21. The van der Waals surface area contributed by atoms with Gasteiger partial charge in [0.15, 0.2) is 0 Å². The summed E-state index contributed by atoms with van der Waals surface area (Å²) in [5.74, 6) is 0. The van der Waals surface area contributed by atoms with Crippen LogP contribution in [0.5, 0.6) is 0 Å². The van der Waals surface area contributed by atoms with E-state index in [0.29, 0.717) is 12.1 Å². The van der Waals surface area contributed by atoms with Gasteiger partial charge in [-0.15, -0.1) is 0 Å². The summed E-state index contributed by atoms with van der Waals surface area (Å²) < 4.78 is 51.4. The van der Waals surface area contributed by atoms with Crippen LogP contribution < -0.4 is 5.32 Å². The summed E-state index contributed by atoms with van der Waals surface area (Å²) in [6.45, 7) is 3.53. The third-order valence-corrected chi connectivity index (χ3v) is 5.04. The smallest absolute Gasteiger partial charge is 0.260 e. The summed E-state index contributed by atoms with van der Waals surface area (Å²) in [4.78, 5) is 0.0827. The zero-order valence-corrected chi connectivity index (χ0v) is 12.8. The standard InChI is InChI=1S/C13H20F2N2O2S/c1-5-16-13(2,12(14)15)10-6-8-11(9-7-10)20(18,19)17(3)4/h6-9,12,16H,5H2,1-4H3. The van der Waals surface area contributed by atoms with Gasteiger partial charge in [0.05, 0.1) is 4.90 Å². The highest BCUT2D eigenvalue weighted by Gasteiger charge is 2.36. The van der Waals surface area contributed by atoms with E-state index in [2.05, 4.69) is 5.32 Å². The van der Waals surface area contributed by atoms with Crippen LogP contribution in [0.3, 0.4) is 0 Å². The van der Waals surface area contributed by atoms with Gasteiger partial charge in [0.25, 0.3) is 6.43 Å². The molecule has 114 valence electrons. The second-order valence-corrected chi connectivity index (χ2v) is 7.00. The van der Waals surface area contributed by atoms with Gasteiger partial charge in [-0.05, 0) is 31.2 Å². The lowest BCUT2D eigenvalue weighted by Crippen LogP contribution is -2.45. The van der Waals surface area contributed by atoms with Crippen molar-refractivity contribution in [3.05, 3.63) is 29.8 Å². The molecule has 1 aromatic rings. The van der Waals surface area contributed by atoms with Crippen LogP contribution in [0.2, 0.25) is 0 Å². The van der Waals surface area contributed by atoms with Crippen LogP contribution in [-0.4, -0.2) is 39.8 Å². The molecule has 0 saturated heterocycles. The number of benzene rings is 1. The Morgan fingerprint density at radius 2 is 1.75 bits per heavy atom. The lowest BCUT2D eigenvalue weighted by molar-refractivity contribution is 0.0394. The number of nitrogens with one attached hydrogen (secondary N) is 1. The molecule has 0 aliphatic carbocycles. The highest BCUT2D eigenvalue weighted by Crippen LogP contribution is 2.29. The average molecular weight is 306 g/mol. The molecule has 1 unspecified atom stereocenters. The summed E-state index contributed by atoms with van der Waals surface area (Å²) in [6.07, 6.45) is -2.60. The minimum absolute atomic E-state index is 0.0827. The maximum atomic E-state index is 13.2. The molecule has 20 heavy (non-hydrogen) atoms. The molecule has 1 N–H and O–H groups in total. The molecule has 7 heteroatoms. The van der Waals surface area contributed by atoms with Crippen LogP contribution in [0.1, 0.15) is 19.4 Å². The fourth-order valence-corrected chi connectivity index (χ4v) is 2.76. The van der Waals surface area contributed by atoms with Crippen molar-refractivity contribution in [3.8, 4) is 0 Å². The minimum Gasteiger partial charge on any atom is -0.303 e. The van der Waals surface area contributed by atoms with Crippen LogP contribution in [0.15, 0.2) is 29.2 Å². The number of halogens is 2. The number of hydrogen-bond donors (Lipinski definition) is 1. The van der Waals surface area contributed by atoms with Crippen molar-refractivity contribution < 1.29 is 17.2 Å². The molecule has 1 aromatic carbocycles. The van der Waals surface area contributed by atoms with E-state index in [-0.39, 0.29) is 4.90 Å². The Labute approximate surface area is 118 Å². The molecular formula is C13H20F2N2O2S. The molecule has 0 fully saturated rings. The van der Waals surface area contributed by atoms with E-state index in [0.717, 1.165) is 4.31 Å². The van der Waals surface area contributed by atoms with Gasteiger partial charge < -0.3 is 5.32 Å². The van der Waals surface area contributed by atoms with Gasteiger partial charge in [-0.1, -0.05) is 19.1 Å². The maximum Gasteiger partial charge on any atom is 0.260 e. The zero-order valence-electron chi connectivity index (χ0n) is 12.0. The molecule has 1 atom stereocenters. The summed E-state index contributed by atoms with van der Waals surface area (Å²) in [5.41, 5.74) is -1.14. The monoisotopic (exact) mass is 306 g/mol. The summed E-state index contributed by atoms with van der Waals surface area (Å²) in [5, 5.41) is 2.75. The van der Waals surface area contributed by atoms with E-state index >= 15 is 0 Å². The van der Waals surface area contributed by atoms with Crippen molar-refractivity contribution in [2.24, 2.45) is 0 Å². The molecule has 0 spiro atoms. The molecular weight excluding hydrogens is 286 g/mol. The van der Waals surface area contributed by atoms with E-state index in [4.69, 9.17) is 0 Å². The predicted molar refractivity (Wildman–Crippen MR) is 74.3 cm³/mol. The van der Waals surface area contributed by atoms with Gasteiger partial charge in [-0.25, -0.2) is 21.5 Å². The van der Waals surface area contributed by atoms with Crippen molar-refractivity contribution in [2.75, 3.05) is 20.6 Å². The van der Waals surface area contributed by atoms with Crippen molar-refractivity contribution in [2.45, 2.75) is 30.7 Å². The van der Waals surface area contributed by atoms with Gasteiger partial charge in [-0.2, -0.15) is 0 Å².